The van der Waals surface area contributed by atoms with Crippen LogP contribution in [0.4, 0.5) is 5.69 Å². The van der Waals surface area contributed by atoms with E-state index in [0.717, 1.165) is 11.8 Å². The lowest BCUT2D eigenvalue weighted by atomic mass is 9.84. The van der Waals surface area contributed by atoms with Gasteiger partial charge in [-0.15, -0.1) is 0 Å². The predicted molar refractivity (Wildman–Crippen MR) is 73.7 cm³/mol. The van der Waals surface area contributed by atoms with Crippen LogP contribution in [0.5, 0.6) is 0 Å². The van der Waals surface area contributed by atoms with Crippen LogP contribution >= 0.6 is 11.6 Å². The average molecular weight is 264 g/mol. The highest BCUT2D eigenvalue weighted by atomic mass is 35.5. The Bertz CT molecular complexity index is 485. The maximum atomic E-state index is 12.3. The van der Waals surface area contributed by atoms with E-state index in [9.17, 15) is 4.79 Å². The molecule has 1 aromatic rings. The van der Waals surface area contributed by atoms with Crippen molar-refractivity contribution in [2.45, 2.75) is 32.1 Å². The van der Waals surface area contributed by atoms with Crippen molar-refractivity contribution in [3.05, 3.63) is 28.8 Å². The van der Waals surface area contributed by atoms with Gasteiger partial charge in [0.15, 0.2) is 5.78 Å². The second kappa shape index (κ2) is 4.58. The van der Waals surface area contributed by atoms with E-state index in [1.165, 1.54) is 25.7 Å². The summed E-state index contributed by atoms with van der Waals surface area (Å²) in [5.74, 6) is 2.43. The highest BCUT2D eigenvalue weighted by Crippen LogP contribution is 2.49. The number of Topliss-reactive ketones (excluding diaryl/α,β-unsaturated/α-hetero) is 1. The van der Waals surface area contributed by atoms with E-state index in [0.29, 0.717) is 28.6 Å². The number of ketones is 1. The molecule has 2 fully saturated rings. The zero-order chi connectivity index (χ0) is 12.7. The maximum absolute atomic E-state index is 12.3. The summed E-state index contributed by atoms with van der Waals surface area (Å²) in [5.41, 5.74) is 6.89. The van der Waals surface area contributed by atoms with E-state index >= 15 is 0 Å². The van der Waals surface area contributed by atoms with Crippen molar-refractivity contribution in [3.8, 4) is 0 Å². The molecule has 0 aliphatic heterocycles. The van der Waals surface area contributed by atoms with Crippen molar-refractivity contribution in [1.82, 2.24) is 0 Å². The Morgan fingerprint density at radius 3 is 2.78 bits per heavy atom. The molecular formula is C15H18ClNO. The number of rotatable bonds is 3. The molecule has 2 N–H and O–H groups in total. The molecule has 18 heavy (non-hydrogen) atoms. The van der Waals surface area contributed by atoms with E-state index in [-0.39, 0.29) is 5.78 Å². The van der Waals surface area contributed by atoms with Crippen LogP contribution in [-0.4, -0.2) is 5.78 Å². The molecule has 3 unspecified atom stereocenters. The number of nitrogens with two attached hydrogens (primary N) is 1. The Balaban J connectivity index is 1.71. The number of nitrogen functional groups attached to an aromatic ring is 1. The van der Waals surface area contributed by atoms with E-state index in [4.69, 9.17) is 17.3 Å². The molecule has 2 aliphatic carbocycles. The third-order valence-electron chi connectivity index (χ3n) is 4.63. The third-order valence-corrected chi connectivity index (χ3v) is 4.94. The molecule has 0 radical (unpaired) electrons. The van der Waals surface area contributed by atoms with Crippen LogP contribution in [0.3, 0.4) is 0 Å². The predicted octanol–water partition coefficient (Wildman–Crippen LogP) is 3.93. The van der Waals surface area contributed by atoms with Crippen LogP contribution in [0.15, 0.2) is 18.2 Å². The van der Waals surface area contributed by atoms with Gasteiger partial charge in [-0.1, -0.05) is 18.0 Å². The molecule has 0 saturated heterocycles. The first kappa shape index (κ1) is 12.0. The first-order valence-corrected chi connectivity index (χ1v) is 7.09. The number of fused-ring (bicyclic) bond motifs is 2. The van der Waals surface area contributed by atoms with Crippen molar-refractivity contribution in [2.75, 3.05) is 5.73 Å². The van der Waals surface area contributed by atoms with Crippen LogP contribution in [0.1, 0.15) is 42.5 Å². The Kier molecular flexibility index (Phi) is 3.06. The van der Waals surface area contributed by atoms with Crippen molar-refractivity contribution in [1.29, 1.82) is 0 Å². The Morgan fingerprint density at radius 2 is 2.17 bits per heavy atom. The van der Waals surface area contributed by atoms with Gasteiger partial charge >= 0.3 is 0 Å². The molecular weight excluding hydrogens is 246 g/mol. The van der Waals surface area contributed by atoms with Crippen molar-refractivity contribution in [3.63, 3.8) is 0 Å². The highest BCUT2D eigenvalue weighted by Gasteiger charge is 2.40. The summed E-state index contributed by atoms with van der Waals surface area (Å²) < 4.78 is 0. The van der Waals surface area contributed by atoms with Crippen LogP contribution in [-0.2, 0) is 0 Å². The number of anilines is 1. The van der Waals surface area contributed by atoms with Gasteiger partial charge < -0.3 is 5.73 Å². The van der Waals surface area contributed by atoms with E-state index < -0.39 is 0 Å². The molecule has 1 aromatic carbocycles. The molecule has 0 aromatic heterocycles. The fourth-order valence-corrected chi connectivity index (χ4v) is 4.03. The summed E-state index contributed by atoms with van der Waals surface area (Å²) in [6, 6.07) is 5.17. The Hall–Kier alpha value is -1.02. The summed E-state index contributed by atoms with van der Waals surface area (Å²) in [6.07, 6.45) is 5.93. The van der Waals surface area contributed by atoms with Crippen LogP contribution in [0.25, 0.3) is 0 Å². The smallest absolute Gasteiger partial charge is 0.164 e. The van der Waals surface area contributed by atoms with Gasteiger partial charge in [0.05, 0.1) is 5.02 Å². The van der Waals surface area contributed by atoms with Gasteiger partial charge in [0, 0.05) is 17.7 Å². The number of benzene rings is 1. The number of carbonyl (C=O) groups excluding carboxylic acids is 1. The van der Waals surface area contributed by atoms with Crippen molar-refractivity contribution < 1.29 is 4.79 Å². The van der Waals surface area contributed by atoms with Crippen LogP contribution in [0.2, 0.25) is 5.02 Å². The minimum atomic E-state index is 0.178. The lowest BCUT2D eigenvalue weighted by Gasteiger charge is -2.20. The summed E-state index contributed by atoms with van der Waals surface area (Å²) in [5, 5.41) is 0.489. The molecule has 0 heterocycles. The van der Waals surface area contributed by atoms with Crippen LogP contribution in [0, 0.1) is 17.8 Å². The fourth-order valence-electron chi connectivity index (χ4n) is 3.73. The molecule has 3 atom stereocenters. The largest absolute Gasteiger partial charge is 0.399 e. The minimum Gasteiger partial charge on any atom is -0.399 e. The van der Waals surface area contributed by atoms with Crippen molar-refractivity contribution in [2.24, 2.45) is 17.8 Å². The molecule has 96 valence electrons. The third kappa shape index (κ3) is 2.14. The first-order valence-electron chi connectivity index (χ1n) is 6.71. The molecule has 2 nitrogen and oxygen atoms in total. The summed E-state index contributed by atoms with van der Waals surface area (Å²) in [7, 11) is 0. The van der Waals surface area contributed by atoms with E-state index in [2.05, 4.69) is 0 Å². The topological polar surface area (TPSA) is 43.1 Å². The zero-order valence-electron chi connectivity index (χ0n) is 10.4. The molecule has 2 aliphatic rings. The highest BCUT2D eigenvalue weighted by molar-refractivity contribution is 6.34. The molecule has 0 spiro atoms. The van der Waals surface area contributed by atoms with Gasteiger partial charge in [-0.05, 0) is 55.2 Å². The molecule has 3 heteroatoms. The molecule has 2 bridgehead atoms. The summed E-state index contributed by atoms with van der Waals surface area (Å²) >= 11 is 6.09. The number of hydrogen-bond donors (Lipinski definition) is 1. The number of hydrogen-bond acceptors (Lipinski definition) is 2. The Labute approximate surface area is 113 Å². The zero-order valence-corrected chi connectivity index (χ0v) is 11.1. The number of carbonyl (C=O) groups is 1. The molecule has 3 rings (SSSR count). The average Bonchev–Trinajstić information content (AvgIpc) is 2.90. The maximum Gasteiger partial charge on any atom is 0.164 e. The van der Waals surface area contributed by atoms with Gasteiger partial charge in [-0.2, -0.15) is 0 Å². The second-order valence-corrected chi connectivity index (χ2v) is 6.21. The van der Waals surface area contributed by atoms with Gasteiger partial charge in [0.25, 0.3) is 0 Å². The standard InChI is InChI=1S/C15H18ClNO/c16-14-8-12(17)3-4-13(14)15(18)7-11-6-9-1-2-10(11)5-9/h3-4,8-11H,1-2,5-7,17H2. The first-order chi connectivity index (χ1) is 8.63. The van der Waals surface area contributed by atoms with E-state index in [1.807, 2.05) is 0 Å². The normalized spacial score (nSPS) is 29.7. The Morgan fingerprint density at radius 1 is 1.33 bits per heavy atom. The quantitative estimate of drug-likeness (QED) is 0.663. The van der Waals surface area contributed by atoms with Gasteiger partial charge in [0.1, 0.15) is 0 Å². The number of halogens is 1. The minimum absolute atomic E-state index is 0.178. The van der Waals surface area contributed by atoms with Gasteiger partial charge in [-0.3, -0.25) is 4.79 Å². The van der Waals surface area contributed by atoms with E-state index in [1.54, 1.807) is 18.2 Å². The second-order valence-electron chi connectivity index (χ2n) is 5.80. The monoisotopic (exact) mass is 263 g/mol. The molecule has 0 amide bonds. The van der Waals surface area contributed by atoms with Crippen molar-refractivity contribution >= 4 is 23.1 Å². The lowest BCUT2D eigenvalue weighted by Crippen LogP contribution is -2.15. The summed E-state index contributed by atoms with van der Waals surface area (Å²) in [6.45, 7) is 0. The van der Waals surface area contributed by atoms with Gasteiger partial charge in [0.2, 0.25) is 0 Å². The van der Waals surface area contributed by atoms with Crippen LogP contribution < -0.4 is 5.73 Å². The van der Waals surface area contributed by atoms with Gasteiger partial charge in [-0.25, -0.2) is 0 Å². The fraction of sp³-hybridized carbons (Fsp3) is 0.533. The molecule has 2 saturated carbocycles. The lowest BCUT2D eigenvalue weighted by molar-refractivity contribution is 0.0944. The SMILES string of the molecule is Nc1ccc(C(=O)CC2CC3CCC2C3)c(Cl)c1. The summed E-state index contributed by atoms with van der Waals surface area (Å²) in [4.78, 5) is 12.3.